The van der Waals surface area contributed by atoms with E-state index in [4.69, 9.17) is 11.6 Å². The molecule has 0 fully saturated rings. The van der Waals surface area contributed by atoms with Crippen LogP contribution in [0.2, 0.25) is 5.02 Å². The molecule has 0 aliphatic carbocycles. The summed E-state index contributed by atoms with van der Waals surface area (Å²) in [5, 5.41) is 3.43. The Morgan fingerprint density at radius 3 is 2.19 bits per heavy atom. The summed E-state index contributed by atoms with van der Waals surface area (Å²) in [6.45, 7) is 7.78. The standard InChI is InChI=1S/C21H26ClN3O2/c1-4-24(5-2)19-12-10-18(11-13-19)23-21(27)15-25(16(3)26)14-17-8-6-7-9-20(17)22/h6-13H,4-5,14-15H2,1-3H3,(H,23,27). The van der Waals surface area contributed by atoms with Crippen LogP contribution in [0.25, 0.3) is 0 Å². The first-order chi connectivity index (χ1) is 12.9. The minimum atomic E-state index is -0.243. The Balaban J connectivity index is 1.99. The molecule has 6 heteroatoms. The molecule has 2 aromatic rings. The Kier molecular flexibility index (Phi) is 7.67. The highest BCUT2D eigenvalue weighted by atomic mass is 35.5. The lowest BCUT2D eigenvalue weighted by atomic mass is 10.2. The molecule has 0 aliphatic rings. The molecule has 27 heavy (non-hydrogen) atoms. The highest BCUT2D eigenvalue weighted by Gasteiger charge is 2.15. The van der Waals surface area contributed by atoms with Crippen LogP contribution in [0.4, 0.5) is 11.4 Å². The smallest absolute Gasteiger partial charge is 0.244 e. The largest absolute Gasteiger partial charge is 0.372 e. The van der Waals surface area contributed by atoms with Crippen LogP contribution in [0.3, 0.4) is 0 Å². The molecule has 0 aliphatic heterocycles. The van der Waals surface area contributed by atoms with Crippen molar-refractivity contribution in [2.24, 2.45) is 0 Å². The maximum absolute atomic E-state index is 12.4. The van der Waals surface area contributed by atoms with Crippen molar-refractivity contribution in [3.05, 3.63) is 59.1 Å². The Morgan fingerprint density at radius 1 is 1.00 bits per heavy atom. The predicted molar refractivity (Wildman–Crippen MR) is 111 cm³/mol. The van der Waals surface area contributed by atoms with E-state index < -0.39 is 0 Å². The first kappa shape index (κ1) is 20.8. The van der Waals surface area contributed by atoms with Crippen molar-refractivity contribution in [3.63, 3.8) is 0 Å². The summed E-state index contributed by atoms with van der Waals surface area (Å²) in [5.41, 5.74) is 2.63. The Hall–Kier alpha value is -2.53. The molecule has 1 N–H and O–H groups in total. The lowest BCUT2D eigenvalue weighted by Gasteiger charge is -2.22. The van der Waals surface area contributed by atoms with Gasteiger partial charge in [-0.05, 0) is 49.7 Å². The average molecular weight is 388 g/mol. The summed E-state index contributed by atoms with van der Waals surface area (Å²) in [6.07, 6.45) is 0. The molecule has 0 unspecified atom stereocenters. The van der Waals surface area contributed by atoms with Gasteiger partial charge in [0, 0.05) is 43.0 Å². The molecule has 0 aromatic heterocycles. The van der Waals surface area contributed by atoms with Crippen LogP contribution in [0, 0.1) is 0 Å². The third kappa shape index (κ3) is 6.00. The quantitative estimate of drug-likeness (QED) is 0.739. The molecule has 2 aromatic carbocycles. The predicted octanol–water partition coefficient (Wildman–Crippen LogP) is 4.17. The van der Waals surface area contributed by atoms with Crippen LogP contribution in [-0.2, 0) is 16.1 Å². The fraction of sp³-hybridized carbons (Fsp3) is 0.333. The zero-order chi connectivity index (χ0) is 19.8. The van der Waals surface area contributed by atoms with Crippen LogP contribution in [0.15, 0.2) is 48.5 Å². The van der Waals surface area contributed by atoms with E-state index in [0.717, 1.165) is 24.3 Å². The molecular formula is C21H26ClN3O2. The summed E-state index contributed by atoms with van der Waals surface area (Å²) in [6, 6.07) is 15.0. The Labute approximate surface area is 165 Å². The second kappa shape index (κ2) is 9.97. The number of benzene rings is 2. The third-order valence-corrected chi connectivity index (χ3v) is 4.75. The topological polar surface area (TPSA) is 52.7 Å². The van der Waals surface area contributed by atoms with E-state index in [1.165, 1.54) is 11.8 Å². The Bertz CT molecular complexity index is 773. The van der Waals surface area contributed by atoms with Gasteiger partial charge in [-0.15, -0.1) is 0 Å². The van der Waals surface area contributed by atoms with E-state index in [2.05, 4.69) is 24.1 Å². The van der Waals surface area contributed by atoms with Gasteiger partial charge >= 0.3 is 0 Å². The van der Waals surface area contributed by atoms with Gasteiger partial charge in [0.1, 0.15) is 6.54 Å². The second-order valence-corrected chi connectivity index (χ2v) is 6.64. The van der Waals surface area contributed by atoms with Gasteiger partial charge in [-0.3, -0.25) is 9.59 Å². The lowest BCUT2D eigenvalue weighted by molar-refractivity contribution is -0.133. The van der Waals surface area contributed by atoms with E-state index in [-0.39, 0.29) is 18.4 Å². The fourth-order valence-electron chi connectivity index (χ4n) is 2.83. The monoisotopic (exact) mass is 387 g/mol. The zero-order valence-corrected chi connectivity index (χ0v) is 16.8. The molecule has 0 saturated heterocycles. The van der Waals surface area contributed by atoms with Crippen molar-refractivity contribution in [2.45, 2.75) is 27.3 Å². The summed E-state index contributed by atoms with van der Waals surface area (Å²) < 4.78 is 0. The number of nitrogens with one attached hydrogen (secondary N) is 1. The highest BCUT2D eigenvalue weighted by Crippen LogP contribution is 2.19. The summed E-state index contributed by atoms with van der Waals surface area (Å²) in [7, 11) is 0. The van der Waals surface area contributed by atoms with Crippen molar-refractivity contribution in [1.82, 2.24) is 4.90 Å². The SMILES string of the molecule is CCN(CC)c1ccc(NC(=O)CN(Cc2ccccc2Cl)C(C)=O)cc1. The number of carbonyl (C=O) groups is 2. The van der Waals surface area contributed by atoms with Gasteiger partial charge in [0.2, 0.25) is 11.8 Å². The van der Waals surface area contributed by atoms with Gasteiger partial charge in [0.05, 0.1) is 0 Å². The van der Waals surface area contributed by atoms with Crippen LogP contribution < -0.4 is 10.2 Å². The minimum absolute atomic E-state index is 0.0294. The number of rotatable bonds is 8. The zero-order valence-electron chi connectivity index (χ0n) is 16.0. The third-order valence-electron chi connectivity index (χ3n) is 4.38. The number of hydrogen-bond donors (Lipinski definition) is 1. The van der Waals surface area contributed by atoms with E-state index in [9.17, 15) is 9.59 Å². The van der Waals surface area contributed by atoms with E-state index in [1.807, 2.05) is 42.5 Å². The maximum atomic E-state index is 12.4. The molecule has 0 spiro atoms. The number of amides is 2. The molecule has 0 atom stereocenters. The van der Waals surface area contributed by atoms with Crippen molar-refractivity contribution in [3.8, 4) is 0 Å². The minimum Gasteiger partial charge on any atom is -0.372 e. The summed E-state index contributed by atoms with van der Waals surface area (Å²) >= 11 is 6.16. The molecule has 0 radical (unpaired) electrons. The van der Waals surface area contributed by atoms with Crippen LogP contribution in [0.1, 0.15) is 26.3 Å². The van der Waals surface area contributed by atoms with Gasteiger partial charge in [-0.25, -0.2) is 0 Å². The second-order valence-electron chi connectivity index (χ2n) is 6.23. The van der Waals surface area contributed by atoms with Crippen molar-refractivity contribution in [2.75, 3.05) is 29.9 Å². The summed E-state index contributed by atoms with van der Waals surface area (Å²) in [4.78, 5) is 28.0. The molecule has 2 rings (SSSR count). The van der Waals surface area contributed by atoms with Gasteiger partial charge in [0.25, 0.3) is 0 Å². The van der Waals surface area contributed by atoms with Gasteiger partial charge in [0.15, 0.2) is 0 Å². The number of nitrogens with zero attached hydrogens (tertiary/aromatic N) is 2. The van der Waals surface area contributed by atoms with Gasteiger partial charge in [-0.1, -0.05) is 29.8 Å². The molecule has 5 nitrogen and oxygen atoms in total. The highest BCUT2D eigenvalue weighted by molar-refractivity contribution is 6.31. The number of carbonyl (C=O) groups excluding carboxylic acids is 2. The molecule has 2 amide bonds. The van der Waals surface area contributed by atoms with Crippen LogP contribution >= 0.6 is 11.6 Å². The molecule has 144 valence electrons. The lowest BCUT2D eigenvalue weighted by Crippen LogP contribution is -2.36. The normalized spacial score (nSPS) is 10.4. The average Bonchev–Trinajstić information content (AvgIpc) is 2.65. The first-order valence-corrected chi connectivity index (χ1v) is 9.46. The Morgan fingerprint density at radius 2 is 1.63 bits per heavy atom. The van der Waals surface area contributed by atoms with Gasteiger partial charge in [-0.2, -0.15) is 0 Å². The molecular weight excluding hydrogens is 362 g/mol. The fourth-order valence-corrected chi connectivity index (χ4v) is 3.02. The number of anilines is 2. The maximum Gasteiger partial charge on any atom is 0.244 e. The molecule has 0 saturated carbocycles. The van der Waals surface area contributed by atoms with E-state index in [1.54, 1.807) is 6.07 Å². The van der Waals surface area contributed by atoms with Crippen LogP contribution in [-0.4, -0.2) is 36.3 Å². The van der Waals surface area contributed by atoms with E-state index >= 15 is 0 Å². The number of hydrogen-bond acceptors (Lipinski definition) is 3. The van der Waals surface area contributed by atoms with Gasteiger partial charge < -0.3 is 15.1 Å². The van der Waals surface area contributed by atoms with Crippen LogP contribution in [0.5, 0.6) is 0 Å². The summed E-state index contributed by atoms with van der Waals surface area (Å²) in [5.74, 6) is -0.421. The number of halogens is 1. The van der Waals surface area contributed by atoms with E-state index in [0.29, 0.717) is 17.3 Å². The first-order valence-electron chi connectivity index (χ1n) is 9.08. The molecule has 0 bridgehead atoms. The van der Waals surface area contributed by atoms with Crippen molar-refractivity contribution in [1.29, 1.82) is 0 Å². The molecule has 0 heterocycles. The van der Waals surface area contributed by atoms with Crippen molar-refractivity contribution >= 4 is 34.8 Å². The van der Waals surface area contributed by atoms with Crippen molar-refractivity contribution < 1.29 is 9.59 Å².